The number of carbonyl (C=O) groups is 1. The number of alkyl halides is 1. The molecule has 5 nitrogen and oxygen atoms in total. The van der Waals surface area contributed by atoms with Gasteiger partial charge in [-0.25, -0.2) is 21.5 Å². The molecule has 7 heteroatoms. The quantitative estimate of drug-likeness (QED) is 0.293. The first-order valence-electron chi connectivity index (χ1n) is 4.82. The second-order valence-electron chi connectivity index (χ2n) is 3.36. The summed E-state index contributed by atoms with van der Waals surface area (Å²) in [4.78, 5) is 12.8. The molecular formula is C10H15BrN4OS. The number of anilines is 1. The minimum absolute atomic E-state index is 0.467. The molecule has 0 atom stereocenters. The van der Waals surface area contributed by atoms with E-state index in [9.17, 15) is 4.79 Å². The Morgan fingerprint density at radius 3 is 2.59 bits per heavy atom. The summed E-state index contributed by atoms with van der Waals surface area (Å²) < 4.78 is 0. The van der Waals surface area contributed by atoms with Gasteiger partial charge in [0.05, 0.1) is 5.69 Å². The van der Waals surface area contributed by atoms with Crippen molar-refractivity contribution in [3.05, 3.63) is 23.8 Å². The minimum atomic E-state index is -0.467. The summed E-state index contributed by atoms with van der Waals surface area (Å²) in [5, 5.41) is 2.62. The minimum Gasteiger partial charge on any atom is -0.264 e. The van der Waals surface area contributed by atoms with E-state index in [1.807, 2.05) is 18.4 Å². The number of hydrazine groups is 2. The number of rotatable bonds is 3. The molecule has 0 saturated heterocycles. The topological polar surface area (TPSA) is 75.6 Å². The molecule has 17 heavy (non-hydrogen) atoms. The van der Waals surface area contributed by atoms with Gasteiger partial charge in [-0.3, -0.25) is 5.01 Å². The number of urea groups is 1. The molecule has 1 aromatic rings. The van der Waals surface area contributed by atoms with Crippen LogP contribution < -0.4 is 16.7 Å². The van der Waals surface area contributed by atoms with E-state index in [-0.39, 0.29) is 0 Å². The Balaban J connectivity index is 3.17. The van der Waals surface area contributed by atoms with Gasteiger partial charge in [-0.1, -0.05) is 22.0 Å². The zero-order valence-corrected chi connectivity index (χ0v) is 12.1. The lowest BCUT2D eigenvalue weighted by Gasteiger charge is -2.23. The zero-order chi connectivity index (χ0) is 13.0. The molecule has 0 saturated carbocycles. The molecule has 0 fully saturated rings. The van der Waals surface area contributed by atoms with Crippen molar-refractivity contribution < 1.29 is 4.79 Å². The van der Waals surface area contributed by atoms with Gasteiger partial charge in [0.1, 0.15) is 0 Å². The van der Waals surface area contributed by atoms with Gasteiger partial charge >= 0.3 is 6.03 Å². The maximum atomic E-state index is 11.7. The van der Waals surface area contributed by atoms with Crippen LogP contribution in [-0.4, -0.2) is 24.3 Å². The molecule has 0 aliphatic rings. The third-order valence-corrected chi connectivity index (χ3v) is 3.61. The number of benzene rings is 1. The highest BCUT2D eigenvalue weighted by atomic mass is 79.9. The molecule has 1 rings (SSSR count). The second-order valence-corrected chi connectivity index (χ2v) is 4.76. The van der Waals surface area contributed by atoms with Crippen molar-refractivity contribution in [1.82, 2.24) is 5.01 Å². The van der Waals surface area contributed by atoms with Crippen molar-refractivity contribution in [3.8, 4) is 0 Å². The van der Waals surface area contributed by atoms with Gasteiger partial charge in [-0.2, -0.15) is 0 Å². The summed E-state index contributed by atoms with van der Waals surface area (Å²) >= 11 is 5.01. The molecule has 0 radical (unpaired) electrons. The van der Waals surface area contributed by atoms with E-state index >= 15 is 0 Å². The molecule has 4 N–H and O–H groups in total. The van der Waals surface area contributed by atoms with Crippen molar-refractivity contribution >= 4 is 39.4 Å². The fourth-order valence-electron chi connectivity index (χ4n) is 1.38. The number of halogens is 1. The summed E-state index contributed by atoms with van der Waals surface area (Å²) in [6, 6.07) is 5.16. The number of thioether (sulfide) groups is 1. The smallest absolute Gasteiger partial charge is 0.264 e. The van der Waals surface area contributed by atoms with E-state index in [0.717, 1.165) is 20.5 Å². The maximum Gasteiger partial charge on any atom is 0.352 e. The molecule has 0 unspecified atom stereocenters. The summed E-state index contributed by atoms with van der Waals surface area (Å²) in [6.45, 7) is 0. The first-order valence-corrected chi connectivity index (χ1v) is 7.16. The summed E-state index contributed by atoms with van der Waals surface area (Å²) in [5.41, 5.74) is 1.62. The van der Waals surface area contributed by atoms with Crippen LogP contribution in [0.25, 0.3) is 0 Å². The van der Waals surface area contributed by atoms with E-state index in [2.05, 4.69) is 15.9 Å². The van der Waals surface area contributed by atoms with Crippen LogP contribution >= 0.6 is 27.7 Å². The van der Waals surface area contributed by atoms with Crippen LogP contribution in [0.15, 0.2) is 23.1 Å². The number of hydrogen-bond acceptors (Lipinski definition) is 4. The first kappa shape index (κ1) is 14.3. The van der Waals surface area contributed by atoms with Gasteiger partial charge in [-0.15, -0.1) is 11.8 Å². The molecule has 0 spiro atoms. The van der Waals surface area contributed by atoms with Crippen LogP contribution in [0.3, 0.4) is 0 Å². The Morgan fingerprint density at radius 2 is 2.12 bits per heavy atom. The molecule has 0 aliphatic heterocycles. The first-order chi connectivity index (χ1) is 8.02. The average Bonchev–Trinajstić information content (AvgIpc) is 2.35. The molecule has 2 amide bonds. The molecular weight excluding hydrogens is 304 g/mol. The van der Waals surface area contributed by atoms with Crippen molar-refractivity contribution in [2.24, 2.45) is 11.7 Å². The van der Waals surface area contributed by atoms with Crippen LogP contribution in [0.2, 0.25) is 0 Å². The fourth-order valence-corrected chi connectivity index (χ4v) is 2.79. The summed E-state index contributed by atoms with van der Waals surface area (Å²) in [5.74, 6) is 11.2. The molecule has 0 bridgehead atoms. The van der Waals surface area contributed by atoms with E-state index < -0.39 is 6.03 Å². The summed E-state index contributed by atoms with van der Waals surface area (Å²) in [7, 11) is 1.45. The predicted octanol–water partition coefficient (Wildman–Crippen LogP) is 1.91. The SMILES string of the molecule is CSc1cccc(N(N)C(=O)N(C)N)c1CBr. The van der Waals surface area contributed by atoms with Crippen LogP contribution in [-0.2, 0) is 5.33 Å². The standard InChI is InChI=1S/C10H15BrN4OS/c1-14(12)10(16)15(13)8-4-3-5-9(17-2)7(8)6-11/h3-5H,6,12-13H2,1-2H3. The van der Waals surface area contributed by atoms with Crippen molar-refractivity contribution in [2.45, 2.75) is 10.2 Å². The molecule has 94 valence electrons. The lowest BCUT2D eigenvalue weighted by atomic mass is 10.2. The normalized spacial score (nSPS) is 10.2. The zero-order valence-electron chi connectivity index (χ0n) is 9.68. The Labute approximate surface area is 113 Å². The highest BCUT2D eigenvalue weighted by Crippen LogP contribution is 2.30. The van der Waals surface area contributed by atoms with Crippen molar-refractivity contribution in [1.29, 1.82) is 0 Å². The molecule has 0 aromatic heterocycles. The van der Waals surface area contributed by atoms with Crippen LogP contribution in [0.1, 0.15) is 5.56 Å². The van der Waals surface area contributed by atoms with E-state index in [1.165, 1.54) is 7.05 Å². The number of amides is 2. The van der Waals surface area contributed by atoms with E-state index in [0.29, 0.717) is 11.0 Å². The van der Waals surface area contributed by atoms with Crippen LogP contribution in [0.5, 0.6) is 0 Å². The summed E-state index contributed by atoms with van der Waals surface area (Å²) in [6.07, 6.45) is 1.98. The van der Waals surface area contributed by atoms with Gasteiger partial charge in [0, 0.05) is 22.8 Å². The third kappa shape index (κ3) is 3.12. The Hall–Kier alpha value is -0.760. The van der Waals surface area contributed by atoms with Crippen molar-refractivity contribution in [2.75, 3.05) is 18.3 Å². The average molecular weight is 319 g/mol. The van der Waals surface area contributed by atoms with E-state index in [4.69, 9.17) is 11.7 Å². The lowest BCUT2D eigenvalue weighted by Crippen LogP contribution is -2.48. The fraction of sp³-hybridized carbons (Fsp3) is 0.300. The number of hydrogen-bond donors (Lipinski definition) is 2. The third-order valence-electron chi connectivity index (χ3n) is 2.23. The lowest BCUT2D eigenvalue weighted by molar-refractivity contribution is 0.216. The predicted molar refractivity (Wildman–Crippen MR) is 74.9 cm³/mol. The van der Waals surface area contributed by atoms with Gasteiger partial charge in [0.2, 0.25) is 0 Å². The molecule has 0 heterocycles. The monoisotopic (exact) mass is 318 g/mol. The van der Waals surface area contributed by atoms with E-state index in [1.54, 1.807) is 17.8 Å². The maximum absolute atomic E-state index is 11.7. The molecule has 0 aliphatic carbocycles. The highest BCUT2D eigenvalue weighted by molar-refractivity contribution is 9.08. The Kier molecular flexibility index (Phi) is 5.26. The van der Waals surface area contributed by atoms with Crippen LogP contribution in [0.4, 0.5) is 10.5 Å². The highest BCUT2D eigenvalue weighted by Gasteiger charge is 2.18. The molecule has 1 aromatic carbocycles. The van der Waals surface area contributed by atoms with Crippen LogP contribution in [0, 0.1) is 0 Å². The Morgan fingerprint density at radius 1 is 1.47 bits per heavy atom. The largest absolute Gasteiger partial charge is 0.352 e. The van der Waals surface area contributed by atoms with Gasteiger partial charge in [0.15, 0.2) is 0 Å². The van der Waals surface area contributed by atoms with Gasteiger partial charge in [0.25, 0.3) is 0 Å². The number of nitrogens with two attached hydrogens (primary N) is 2. The van der Waals surface area contributed by atoms with Gasteiger partial charge in [-0.05, 0) is 18.4 Å². The second kappa shape index (κ2) is 6.25. The van der Waals surface area contributed by atoms with Gasteiger partial charge < -0.3 is 0 Å². The van der Waals surface area contributed by atoms with Crippen molar-refractivity contribution in [3.63, 3.8) is 0 Å². The number of carbonyl (C=O) groups excluding carboxylic acids is 1. The number of nitrogens with zero attached hydrogens (tertiary/aromatic N) is 2. The Bertz CT molecular complexity index is 413.